The molecule has 3 nitrogen and oxygen atoms in total. The van der Waals surface area contributed by atoms with Gasteiger partial charge in [-0.2, -0.15) is 0 Å². The SMILES string of the molecule is CCOC(=O)C(CC1CCCCC1)Nc1ccccc1C. The summed E-state index contributed by atoms with van der Waals surface area (Å²) in [6.07, 6.45) is 7.30. The normalized spacial score (nSPS) is 17.2. The minimum Gasteiger partial charge on any atom is -0.464 e. The predicted octanol–water partition coefficient (Wildman–Crippen LogP) is 4.31. The molecule has 0 saturated heterocycles. The Morgan fingerprint density at radius 2 is 2.00 bits per heavy atom. The highest BCUT2D eigenvalue weighted by molar-refractivity contribution is 5.79. The van der Waals surface area contributed by atoms with E-state index in [-0.39, 0.29) is 12.0 Å². The lowest BCUT2D eigenvalue weighted by Gasteiger charge is -2.27. The van der Waals surface area contributed by atoms with Crippen LogP contribution in [0, 0.1) is 12.8 Å². The van der Waals surface area contributed by atoms with Gasteiger partial charge in [-0.1, -0.05) is 50.3 Å². The first kappa shape index (κ1) is 15.9. The van der Waals surface area contributed by atoms with Gasteiger partial charge in [-0.15, -0.1) is 0 Å². The van der Waals surface area contributed by atoms with Crippen LogP contribution >= 0.6 is 0 Å². The van der Waals surface area contributed by atoms with Crippen LogP contribution < -0.4 is 5.32 Å². The molecule has 2 rings (SSSR count). The lowest BCUT2D eigenvalue weighted by atomic mass is 9.84. The Morgan fingerprint density at radius 3 is 2.67 bits per heavy atom. The zero-order chi connectivity index (χ0) is 15.1. The molecule has 1 fully saturated rings. The first-order valence-corrected chi connectivity index (χ1v) is 8.19. The summed E-state index contributed by atoms with van der Waals surface area (Å²) < 4.78 is 5.26. The molecule has 0 radical (unpaired) electrons. The number of anilines is 1. The number of hydrogen-bond acceptors (Lipinski definition) is 3. The first-order chi connectivity index (χ1) is 10.2. The van der Waals surface area contributed by atoms with Gasteiger partial charge in [0, 0.05) is 5.69 Å². The average Bonchev–Trinajstić information content (AvgIpc) is 2.50. The van der Waals surface area contributed by atoms with E-state index in [9.17, 15) is 4.79 Å². The van der Waals surface area contributed by atoms with Gasteiger partial charge in [0.1, 0.15) is 6.04 Å². The highest BCUT2D eigenvalue weighted by Gasteiger charge is 2.25. The van der Waals surface area contributed by atoms with Crippen molar-refractivity contribution in [2.45, 2.75) is 58.4 Å². The Morgan fingerprint density at radius 1 is 1.29 bits per heavy atom. The highest BCUT2D eigenvalue weighted by atomic mass is 16.5. The summed E-state index contributed by atoms with van der Waals surface area (Å²) in [4.78, 5) is 12.2. The molecule has 21 heavy (non-hydrogen) atoms. The number of hydrogen-bond donors (Lipinski definition) is 1. The number of carbonyl (C=O) groups excluding carboxylic acids is 1. The molecular formula is C18H27NO2. The van der Waals surface area contributed by atoms with E-state index in [0.717, 1.165) is 17.7 Å². The maximum atomic E-state index is 12.2. The standard InChI is InChI=1S/C18H27NO2/c1-3-21-18(20)17(13-15-10-5-4-6-11-15)19-16-12-8-7-9-14(16)2/h7-9,12,15,17,19H,3-6,10-11,13H2,1-2H3. The van der Waals surface area contributed by atoms with Crippen molar-refractivity contribution in [1.29, 1.82) is 0 Å². The molecule has 0 aliphatic heterocycles. The fraction of sp³-hybridized carbons (Fsp3) is 0.611. The molecule has 0 amide bonds. The van der Waals surface area contributed by atoms with E-state index in [0.29, 0.717) is 12.5 Å². The minimum atomic E-state index is -0.228. The van der Waals surface area contributed by atoms with Crippen LogP contribution in [0.5, 0.6) is 0 Å². The Balaban J connectivity index is 2.04. The fourth-order valence-corrected chi connectivity index (χ4v) is 3.14. The monoisotopic (exact) mass is 289 g/mol. The van der Waals surface area contributed by atoms with E-state index in [2.05, 4.69) is 18.3 Å². The molecule has 116 valence electrons. The van der Waals surface area contributed by atoms with E-state index >= 15 is 0 Å². The number of rotatable bonds is 6. The van der Waals surface area contributed by atoms with Crippen LogP contribution in [0.1, 0.15) is 51.0 Å². The lowest BCUT2D eigenvalue weighted by molar-refractivity contribution is -0.144. The number of benzene rings is 1. The highest BCUT2D eigenvalue weighted by Crippen LogP contribution is 2.29. The topological polar surface area (TPSA) is 38.3 Å². The van der Waals surface area contributed by atoms with Crippen molar-refractivity contribution in [3.8, 4) is 0 Å². The van der Waals surface area contributed by atoms with Gasteiger partial charge in [0.15, 0.2) is 0 Å². The van der Waals surface area contributed by atoms with Crippen LogP contribution in [0.3, 0.4) is 0 Å². The number of nitrogens with one attached hydrogen (secondary N) is 1. The first-order valence-electron chi connectivity index (χ1n) is 8.19. The summed E-state index contributed by atoms with van der Waals surface area (Å²) in [7, 11) is 0. The van der Waals surface area contributed by atoms with Gasteiger partial charge in [0.25, 0.3) is 0 Å². The van der Waals surface area contributed by atoms with Gasteiger partial charge >= 0.3 is 5.97 Å². The molecule has 1 N–H and O–H groups in total. The second kappa shape index (κ2) is 8.06. The molecule has 0 heterocycles. The molecule has 3 heteroatoms. The number of aryl methyl sites for hydroxylation is 1. The Kier molecular flexibility index (Phi) is 6.09. The Labute approximate surface area is 128 Å². The third kappa shape index (κ3) is 4.76. The summed E-state index contributed by atoms with van der Waals surface area (Å²) in [5.74, 6) is 0.524. The largest absolute Gasteiger partial charge is 0.464 e. The van der Waals surface area contributed by atoms with Gasteiger partial charge < -0.3 is 10.1 Å². The van der Waals surface area contributed by atoms with E-state index < -0.39 is 0 Å². The van der Waals surface area contributed by atoms with Gasteiger partial charge in [0.2, 0.25) is 0 Å². The predicted molar refractivity (Wildman–Crippen MR) is 86.4 cm³/mol. The molecule has 1 atom stereocenters. The van der Waals surface area contributed by atoms with Gasteiger partial charge in [-0.25, -0.2) is 4.79 Å². The zero-order valence-electron chi connectivity index (χ0n) is 13.2. The summed E-state index contributed by atoms with van der Waals surface area (Å²) in [5.41, 5.74) is 2.20. The molecule has 1 unspecified atom stereocenters. The molecule has 1 aromatic rings. The second-order valence-corrected chi connectivity index (χ2v) is 6.00. The molecule has 1 aromatic carbocycles. The molecular weight excluding hydrogens is 262 g/mol. The Hall–Kier alpha value is -1.51. The lowest BCUT2D eigenvalue weighted by Crippen LogP contribution is -2.34. The molecule has 0 spiro atoms. The fourth-order valence-electron chi connectivity index (χ4n) is 3.14. The van der Waals surface area contributed by atoms with Gasteiger partial charge in [-0.3, -0.25) is 0 Å². The molecule has 0 bridgehead atoms. The van der Waals surface area contributed by atoms with Crippen LogP contribution in [-0.4, -0.2) is 18.6 Å². The summed E-state index contributed by atoms with van der Waals surface area (Å²) in [6.45, 7) is 4.37. The smallest absolute Gasteiger partial charge is 0.328 e. The third-order valence-electron chi connectivity index (χ3n) is 4.34. The van der Waals surface area contributed by atoms with Crippen molar-refractivity contribution >= 4 is 11.7 Å². The van der Waals surface area contributed by atoms with E-state index in [1.165, 1.54) is 32.1 Å². The Bertz CT molecular complexity index is 452. The quantitative estimate of drug-likeness (QED) is 0.793. The molecule has 0 aromatic heterocycles. The van der Waals surface area contributed by atoms with Crippen molar-refractivity contribution in [2.75, 3.05) is 11.9 Å². The maximum Gasteiger partial charge on any atom is 0.328 e. The molecule has 1 aliphatic rings. The zero-order valence-corrected chi connectivity index (χ0v) is 13.2. The minimum absolute atomic E-state index is 0.119. The molecule has 1 aliphatic carbocycles. The number of ether oxygens (including phenoxy) is 1. The number of carbonyl (C=O) groups is 1. The second-order valence-electron chi connectivity index (χ2n) is 6.00. The summed E-state index contributed by atoms with van der Waals surface area (Å²) in [6, 6.07) is 7.88. The average molecular weight is 289 g/mol. The van der Waals surface area contributed by atoms with Crippen molar-refractivity contribution < 1.29 is 9.53 Å². The maximum absolute atomic E-state index is 12.2. The van der Waals surface area contributed by atoms with E-state index in [1.807, 2.05) is 25.1 Å². The van der Waals surface area contributed by atoms with E-state index in [1.54, 1.807) is 0 Å². The van der Waals surface area contributed by atoms with E-state index in [4.69, 9.17) is 4.74 Å². The number of esters is 1. The van der Waals surface area contributed by atoms with Crippen molar-refractivity contribution in [3.05, 3.63) is 29.8 Å². The van der Waals surface area contributed by atoms with Crippen LogP contribution in [0.25, 0.3) is 0 Å². The van der Waals surface area contributed by atoms with Crippen molar-refractivity contribution in [2.24, 2.45) is 5.92 Å². The summed E-state index contributed by atoms with van der Waals surface area (Å²) >= 11 is 0. The molecule has 1 saturated carbocycles. The van der Waals surface area contributed by atoms with Gasteiger partial charge in [0.05, 0.1) is 6.61 Å². The van der Waals surface area contributed by atoms with Crippen LogP contribution in [0.15, 0.2) is 24.3 Å². The van der Waals surface area contributed by atoms with Crippen molar-refractivity contribution in [1.82, 2.24) is 0 Å². The van der Waals surface area contributed by atoms with Crippen LogP contribution in [-0.2, 0) is 9.53 Å². The van der Waals surface area contributed by atoms with Crippen LogP contribution in [0.2, 0.25) is 0 Å². The van der Waals surface area contributed by atoms with Crippen LogP contribution in [0.4, 0.5) is 5.69 Å². The summed E-state index contributed by atoms with van der Waals surface area (Å²) in [5, 5.41) is 3.40. The number of para-hydroxylation sites is 1. The third-order valence-corrected chi connectivity index (χ3v) is 4.34. The van der Waals surface area contributed by atoms with Gasteiger partial charge in [-0.05, 0) is 37.8 Å². The van der Waals surface area contributed by atoms with Crippen molar-refractivity contribution in [3.63, 3.8) is 0 Å².